The second-order valence-electron chi connectivity index (χ2n) is 8.48. The predicted molar refractivity (Wildman–Crippen MR) is 112 cm³/mol. The third-order valence-corrected chi connectivity index (χ3v) is 6.16. The normalized spacial score (nSPS) is 29.8. The molecule has 6 nitrogen and oxygen atoms in total. The maximum absolute atomic E-state index is 5.08. The predicted octanol–water partition coefficient (Wildman–Crippen LogP) is 3.70. The minimum Gasteiger partial charge on any atom is -0.297 e. The van der Waals surface area contributed by atoms with Crippen LogP contribution >= 0.6 is 0 Å². The monoisotopic (exact) mass is 372 g/mol. The molecule has 27 heavy (non-hydrogen) atoms. The summed E-state index contributed by atoms with van der Waals surface area (Å²) >= 11 is 0. The van der Waals surface area contributed by atoms with Crippen LogP contribution in [0, 0.1) is 0 Å². The molecule has 3 heterocycles. The van der Waals surface area contributed by atoms with E-state index in [1.54, 1.807) is 0 Å². The summed E-state index contributed by atoms with van der Waals surface area (Å²) in [6, 6.07) is 0. The SMILES string of the molecule is C1CCN(N=C2CCC(=NN3CCCCC3)C(=NN3CCCCC3)C2)CC1. The van der Waals surface area contributed by atoms with Crippen molar-refractivity contribution in [2.75, 3.05) is 39.3 Å². The number of rotatable bonds is 3. The molecule has 0 aromatic carbocycles. The molecule has 1 aliphatic carbocycles. The zero-order valence-corrected chi connectivity index (χ0v) is 16.9. The van der Waals surface area contributed by atoms with Crippen molar-refractivity contribution < 1.29 is 0 Å². The van der Waals surface area contributed by atoms with Gasteiger partial charge in [0.1, 0.15) is 0 Å². The van der Waals surface area contributed by atoms with E-state index < -0.39 is 0 Å². The Morgan fingerprint density at radius 3 is 1.41 bits per heavy atom. The van der Waals surface area contributed by atoms with Gasteiger partial charge in [0.25, 0.3) is 0 Å². The molecule has 3 saturated heterocycles. The van der Waals surface area contributed by atoms with Gasteiger partial charge in [0.05, 0.1) is 11.4 Å². The molecular formula is C21H36N6. The average Bonchev–Trinajstić information content (AvgIpc) is 2.72. The van der Waals surface area contributed by atoms with Crippen LogP contribution in [0.25, 0.3) is 0 Å². The fourth-order valence-electron chi connectivity index (χ4n) is 4.55. The molecule has 0 atom stereocenters. The molecule has 0 spiro atoms. The van der Waals surface area contributed by atoms with Crippen LogP contribution < -0.4 is 0 Å². The highest BCUT2D eigenvalue weighted by molar-refractivity contribution is 6.47. The van der Waals surface area contributed by atoms with Gasteiger partial charge in [-0.2, -0.15) is 15.3 Å². The van der Waals surface area contributed by atoms with Gasteiger partial charge in [-0.05, 0) is 70.6 Å². The molecule has 0 amide bonds. The maximum Gasteiger partial charge on any atom is 0.0894 e. The van der Waals surface area contributed by atoms with E-state index in [0.29, 0.717) is 0 Å². The molecule has 4 fully saturated rings. The fraction of sp³-hybridized carbons (Fsp3) is 0.857. The smallest absolute Gasteiger partial charge is 0.0894 e. The molecule has 4 rings (SSSR count). The van der Waals surface area contributed by atoms with E-state index in [9.17, 15) is 0 Å². The van der Waals surface area contributed by atoms with E-state index in [1.807, 2.05) is 0 Å². The van der Waals surface area contributed by atoms with Crippen LogP contribution in [0.2, 0.25) is 0 Å². The molecule has 0 bridgehead atoms. The number of hydrogen-bond donors (Lipinski definition) is 0. The highest BCUT2D eigenvalue weighted by Gasteiger charge is 2.24. The van der Waals surface area contributed by atoms with Crippen LogP contribution in [-0.4, -0.2) is 71.4 Å². The summed E-state index contributed by atoms with van der Waals surface area (Å²) in [4.78, 5) is 0. The fourth-order valence-corrected chi connectivity index (χ4v) is 4.55. The zero-order valence-electron chi connectivity index (χ0n) is 16.9. The Hall–Kier alpha value is -1.59. The van der Waals surface area contributed by atoms with Crippen LogP contribution in [-0.2, 0) is 0 Å². The lowest BCUT2D eigenvalue weighted by Crippen LogP contribution is -2.35. The van der Waals surface area contributed by atoms with Gasteiger partial charge in [0.15, 0.2) is 0 Å². The first-order valence-electron chi connectivity index (χ1n) is 11.3. The van der Waals surface area contributed by atoms with Gasteiger partial charge in [-0.15, -0.1) is 0 Å². The standard InChI is InChI=1S/C21H36N6/c1-4-12-25(13-5-1)22-19-10-11-20(23-26-14-6-2-7-15-26)21(18-19)24-27-16-8-3-9-17-27/h1-18H2. The van der Waals surface area contributed by atoms with Crippen LogP contribution in [0.1, 0.15) is 77.0 Å². The van der Waals surface area contributed by atoms with E-state index >= 15 is 0 Å². The Morgan fingerprint density at radius 1 is 0.444 bits per heavy atom. The first-order chi connectivity index (χ1) is 13.4. The highest BCUT2D eigenvalue weighted by Crippen LogP contribution is 2.19. The number of hydrogen-bond acceptors (Lipinski definition) is 6. The molecule has 0 unspecified atom stereocenters. The van der Waals surface area contributed by atoms with Crippen LogP contribution in [0.15, 0.2) is 15.3 Å². The highest BCUT2D eigenvalue weighted by atomic mass is 15.5. The molecule has 0 aromatic heterocycles. The number of nitrogens with zero attached hydrogens (tertiary/aromatic N) is 6. The van der Waals surface area contributed by atoms with Crippen molar-refractivity contribution >= 4 is 17.1 Å². The first-order valence-corrected chi connectivity index (χ1v) is 11.3. The lowest BCUT2D eigenvalue weighted by Gasteiger charge is -2.30. The van der Waals surface area contributed by atoms with Crippen molar-refractivity contribution in [2.24, 2.45) is 15.3 Å². The van der Waals surface area contributed by atoms with E-state index in [2.05, 4.69) is 15.0 Å². The Balaban J connectivity index is 1.49. The summed E-state index contributed by atoms with van der Waals surface area (Å²) in [7, 11) is 0. The molecule has 150 valence electrons. The van der Waals surface area contributed by atoms with E-state index in [4.69, 9.17) is 15.3 Å². The molecule has 6 heteroatoms. The minimum absolute atomic E-state index is 0.889. The van der Waals surface area contributed by atoms with Gasteiger partial charge in [0.2, 0.25) is 0 Å². The van der Waals surface area contributed by atoms with Gasteiger partial charge in [-0.25, -0.2) is 0 Å². The summed E-state index contributed by atoms with van der Waals surface area (Å²) in [6.45, 7) is 6.65. The Bertz CT molecular complexity index is 563. The largest absolute Gasteiger partial charge is 0.297 e. The molecule has 0 radical (unpaired) electrons. The molecule has 1 saturated carbocycles. The Morgan fingerprint density at radius 2 is 0.889 bits per heavy atom. The zero-order chi connectivity index (χ0) is 18.3. The molecular weight excluding hydrogens is 336 g/mol. The second-order valence-corrected chi connectivity index (χ2v) is 8.48. The van der Waals surface area contributed by atoms with E-state index in [1.165, 1.54) is 74.9 Å². The molecule has 0 aromatic rings. The van der Waals surface area contributed by atoms with Gasteiger partial charge in [0, 0.05) is 51.4 Å². The van der Waals surface area contributed by atoms with Crippen molar-refractivity contribution in [1.82, 2.24) is 15.0 Å². The van der Waals surface area contributed by atoms with Gasteiger partial charge in [-0.3, -0.25) is 15.0 Å². The van der Waals surface area contributed by atoms with Crippen molar-refractivity contribution in [3.63, 3.8) is 0 Å². The summed E-state index contributed by atoms with van der Waals surface area (Å²) in [5.41, 5.74) is 3.72. The topological polar surface area (TPSA) is 46.8 Å². The third kappa shape index (κ3) is 5.45. The van der Waals surface area contributed by atoms with Gasteiger partial charge >= 0.3 is 0 Å². The summed E-state index contributed by atoms with van der Waals surface area (Å²) in [5.74, 6) is 0. The van der Waals surface area contributed by atoms with E-state index in [-0.39, 0.29) is 0 Å². The molecule has 3 aliphatic heterocycles. The third-order valence-electron chi connectivity index (χ3n) is 6.16. The molecule has 0 N–H and O–H groups in total. The second kappa shape index (κ2) is 9.56. The van der Waals surface area contributed by atoms with Gasteiger partial charge in [-0.1, -0.05) is 0 Å². The number of piperidine rings is 3. The molecule has 4 aliphatic rings. The van der Waals surface area contributed by atoms with Crippen molar-refractivity contribution in [2.45, 2.75) is 77.0 Å². The van der Waals surface area contributed by atoms with E-state index in [0.717, 1.165) is 58.5 Å². The van der Waals surface area contributed by atoms with Crippen molar-refractivity contribution in [3.05, 3.63) is 0 Å². The lowest BCUT2D eigenvalue weighted by molar-refractivity contribution is 0.235. The van der Waals surface area contributed by atoms with Gasteiger partial charge < -0.3 is 0 Å². The Labute approximate surface area is 164 Å². The quantitative estimate of drug-likeness (QED) is 0.759. The van der Waals surface area contributed by atoms with Crippen molar-refractivity contribution in [3.8, 4) is 0 Å². The average molecular weight is 373 g/mol. The summed E-state index contributed by atoms with van der Waals surface area (Å²) in [5, 5.41) is 22.0. The first kappa shape index (κ1) is 18.8. The van der Waals surface area contributed by atoms with Crippen LogP contribution in [0.5, 0.6) is 0 Å². The lowest BCUT2D eigenvalue weighted by atomic mass is 9.94. The van der Waals surface area contributed by atoms with Crippen molar-refractivity contribution in [1.29, 1.82) is 0 Å². The van der Waals surface area contributed by atoms with Crippen LogP contribution in [0.3, 0.4) is 0 Å². The Kier molecular flexibility index (Phi) is 6.64. The summed E-state index contributed by atoms with van der Waals surface area (Å²) in [6.07, 6.45) is 14.6. The summed E-state index contributed by atoms with van der Waals surface area (Å²) < 4.78 is 0. The number of hydrazone groups is 3. The maximum atomic E-state index is 5.08. The van der Waals surface area contributed by atoms with Crippen LogP contribution in [0.4, 0.5) is 0 Å². The minimum atomic E-state index is 0.889.